The average molecular weight is 301 g/mol. The molecule has 2 aromatic rings. The van der Waals surface area contributed by atoms with Gasteiger partial charge in [0.1, 0.15) is 10.8 Å². The second kappa shape index (κ2) is 5.52. The molecule has 1 aromatic carbocycles. The van der Waals surface area contributed by atoms with Gasteiger partial charge in [-0.2, -0.15) is 0 Å². The smallest absolute Gasteiger partial charge is 0.123 e. The number of hydrogen-bond acceptors (Lipinski definition) is 3. The minimum atomic E-state index is -0.214. The molecule has 16 heavy (non-hydrogen) atoms. The van der Waals surface area contributed by atoms with E-state index in [-0.39, 0.29) is 5.82 Å². The number of thiazole rings is 1. The number of nitrogens with zero attached hydrogens (tertiary/aromatic N) is 1. The zero-order valence-corrected chi connectivity index (χ0v) is 10.8. The van der Waals surface area contributed by atoms with E-state index in [4.69, 9.17) is 0 Å². The van der Waals surface area contributed by atoms with Gasteiger partial charge in [-0.25, -0.2) is 9.37 Å². The summed E-state index contributed by atoms with van der Waals surface area (Å²) < 4.78 is 13.9. The monoisotopic (exact) mass is 300 g/mol. The highest BCUT2D eigenvalue weighted by Gasteiger charge is 2.02. The van der Waals surface area contributed by atoms with Crippen LogP contribution in [0.2, 0.25) is 0 Å². The molecule has 1 aromatic heterocycles. The summed E-state index contributed by atoms with van der Waals surface area (Å²) in [5.74, 6) is -0.214. The van der Waals surface area contributed by atoms with Crippen molar-refractivity contribution in [3.05, 3.63) is 50.6 Å². The molecule has 0 spiro atoms. The van der Waals surface area contributed by atoms with Gasteiger partial charge in [0.2, 0.25) is 0 Å². The molecule has 0 atom stereocenters. The first-order valence-corrected chi connectivity index (χ1v) is 6.46. The third-order valence-corrected chi connectivity index (χ3v) is 3.64. The summed E-state index contributed by atoms with van der Waals surface area (Å²) in [6, 6.07) is 4.68. The molecular weight excluding hydrogens is 291 g/mol. The first kappa shape index (κ1) is 11.7. The molecule has 2 nitrogen and oxygen atoms in total. The lowest BCUT2D eigenvalue weighted by molar-refractivity contribution is 0.619. The van der Waals surface area contributed by atoms with Crippen molar-refractivity contribution in [2.75, 3.05) is 0 Å². The summed E-state index contributed by atoms with van der Waals surface area (Å²) in [7, 11) is 0. The predicted molar refractivity (Wildman–Crippen MR) is 66.8 cm³/mol. The number of hydrogen-bond donors (Lipinski definition) is 1. The highest BCUT2D eigenvalue weighted by molar-refractivity contribution is 9.10. The van der Waals surface area contributed by atoms with Crippen LogP contribution in [0.5, 0.6) is 0 Å². The molecule has 0 saturated heterocycles. The third kappa shape index (κ3) is 3.10. The number of halogens is 2. The second-order valence-electron chi connectivity index (χ2n) is 3.27. The van der Waals surface area contributed by atoms with Gasteiger partial charge in [-0.3, -0.25) is 0 Å². The molecule has 0 aliphatic carbocycles. The van der Waals surface area contributed by atoms with Gasteiger partial charge >= 0.3 is 0 Å². The fraction of sp³-hybridized carbons (Fsp3) is 0.182. The fourth-order valence-corrected chi connectivity index (χ4v) is 2.30. The Morgan fingerprint density at radius 1 is 1.38 bits per heavy atom. The Bertz CT molecular complexity index is 459. The van der Waals surface area contributed by atoms with Crippen molar-refractivity contribution in [1.82, 2.24) is 10.3 Å². The fourth-order valence-electron chi connectivity index (χ4n) is 1.32. The zero-order chi connectivity index (χ0) is 11.4. The highest BCUT2D eigenvalue weighted by atomic mass is 79.9. The summed E-state index contributed by atoms with van der Waals surface area (Å²) >= 11 is 5.00. The molecule has 0 fully saturated rings. The summed E-state index contributed by atoms with van der Waals surface area (Å²) in [6.45, 7) is 1.33. The van der Waals surface area contributed by atoms with E-state index in [2.05, 4.69) is 26.2 Å². The van der Waals surface area contributed by atoms with Crippen molar-refractivity contribution in [3.63, 3.8) is 0 Å². The molecule has 1 heterocycles. The van der Waals surface area contributed by atoms with E-state index >= 15 is 0 Å². The van der Waals surface area contributed by atoms with Gasteiger partial charge in [0.05, 0.1) is 0 Å². The number of aromatic nitrogens is 1. The van der Waals surface area contributed by atoms with Crippen LogP contribution in [0.25, 0.3) is 0 Å². The van der Waals surface area contributed by atoms with Gasteiger partial charge in [0, 0.05) is 29.1 Å². The summed E-state index contributed by atoms with van der Waals surface area (Å²) in [5, 5.41) is 6.20. The van der Waals surface area contributed by atoms with Crippen LogP contribution < -0.4 is 5.32 Å². The molecule has 5 heteroatoms. The van der Waals surface area contributed by atoms with Gasteiger partial charge in [0.15, 0.2) is 0 Å². The lowest BCUT2D eigenvalue weighted by Gasteiger charge is -2.05. The maximum Gasteiger partial charge on any atom is 0.123 e. The molecule has 1 N–H and O–H groups in total. The Morgan fingerprint density at radius 3 is 3.00 bits per heavy atom. The van der Waals surface area contributed by atoms with E-state index in [0.717, 1.165) is 15.0 Å². The van der Waals surface area contributed by atoms with Crippen LogP contribution in [-0.4, -0.2) is 4.98 Å². The summed E-state index contributed by atoms with van der Waals surface area (Å²) in [4.78, 5) is 4.16. The van der Waals surface area contributed by atoms with Gasteiger partial charge in [-0.15, -0.1) is 11.3 Å². The lowest BCUT2D eigenvalue weighted by atomic mass is 10.2. The van der Waals surface area contributed by atoms with E-state index in [0.29, 0.717) is 13.1 Å². The number of benzene rings is 1. The Morgan fingerprint density at radius 2 is 2.25 bits per heavy atom. The van der Waals surface area contributed by atoms with Crippen molar-refractivity contribution in [2.45, 2.75) is 13.1 Å². The van der Waals surface area contributed by atoms with Crippen LogP contribution in [0, 0.1) is 5.82 Å². The standard InChI is InChI=1S/C11H10BrFN2S/c12-10-2-1-9(13)5-8(10)6-14-7-11-15-3-4-16-11/h1-5,14H,6-7H2. The Balaban J connectivity index is 1.92. The van der Waals surface area contributed by atoms with Crippen LogP contribution >= 0.6 is 27.3 Å². The van der Waals surface area contributed by atoms with Crippen molar-refractivity contribution in [1.29, 1.82) is 0 Å². The molecule has 0 aliphatic rings. The van der Waals surface area contributed by atoms with Gasteiger partial charge in [-0.05, 0) is 23.8 Å². The first-order valence-electron chi connectivity index (χ1n) is 4.79. The predicted octanol–water partition coefficient (Wildman–Crippen LogP) is 3.33. The number of rotatable bonds is 4. The topological polar surface area (TPSA) is 24.9 Å². The molecule has 2 rings (SSSR count). The van der Waals surface area contributed by atoms with E-state index in [1.165, 1.54) is 12.1 Å². The minimum Gasteiger partial charge on any atom is -0.306 e. The van der Waals surface area contributed by atoms with E-state index in [9.17, 15) is 4.39 Å². The van der Waals surface area contributed by atoms with Crippen molar-refractivity contribution < 1.29 is 4.39 Å². The highest BCUT2D eigenvalue weighted by Crippen LogP contribution is 2.17. The summed E-state index contributed by atoms with van der Waals surface area (Å²) in [6.07, 6.45) is 1.78. The van der Waals surface area contributed by atoms with Crippen molar-refractivity contribution in [2.24, 2.45) is 0 Å². The molecule has 0 radical (unpaired) electrons. The SMILES string of the molecule is Fc1ccc(Br)c(CNCc2nccs2)c1. The Hall–Kier alpha value is -0.780. The van der Waals surface area contributed by atoms with Crippen LogP contribution in [-0.2, 0) is 13.1 Å². The molecule has 0 saturated carbocycles. The molecule has 0 aliphatic heterocycles. The Labute approximate surface area is 106 Å². The van der Waals surface area contributed by atoms with Crippen LogP contribution in [0.15, 0.2) is 34.2 Å². The van der Waals surface area contributed by atoms with E-state index in [1.807, 2.05) is 5.38 Å². The van der Waals surface area contributed by atoms with Gasteiger partial charge in [-0.1, -0.05) is 15.9 Å². The van der Waals surface area contributed by atoms with Crippen LogP contribution in [0.4, 0.5) is 4.39 Å². The molecular formula is C11H10BrFN2S. The largest absolute Gasteiger partial charge is 0.306 e. The zero-order valence-electron chi connectivity index (χ0n) is 8.41. The minimum absolute atomic E-state index is 0.214. The average Bonchev–Trinajstić information content (AvgIpc) is 2.76. The van der Waals surface area contributed by atoms with Gasteiger partial charge in [0.25, 0.3) is 0 Å². The molecule has 84 valence electrons. The third-order valence-electron chi connectivity index (χ3n) is 2.08. The maximum absolute atomic E-state index is 13.0. The van der Waals surface area contributed by atoms with E-state index < -0.39 is 0 Å². The first-order chi connectivity index (χ1) is 7.75. The normalized spacial score (nSPS) is 10.6. The molecule has 0 bridgehead atoms. The van der Waals surface area contributed by atoms with Gasteiger partial charge < -0.3 is 5.32 Å². The van der Waals surface area contributed by atoms with Crippen LogP contribution in [0.1, 0.15) is 10.6 Å². The lowest BCUT2D eigenvalue weighted by Crippen LogP contribution is -2.12. The van der Waals surface area contributed by atoms with Crippen molar-refractivity contribution in [3.8, 4) is 0 Å². The summed E-state index contributed by atoms with van der Waals surface area (Å²) in [5.41, 5.74) is 0.913. The maximum atomic E-state index is 13.0. The van der Waals surface area contributed by atoms with Crippen molar-refractivity contribution >= 4 is 27.3 Å². The van der Waals surface area contributed by atoms with Crippen LogP contribution in [0.3, 0.4) is 0 Å². The quantitative estimate of drug-likeness (QED) is 0.937. The Kier molecular flexibility index (Phi) is 4.04. The van der Waals surface area contributed by atoms with E-state index in [1.54, 1.807) is 23.6 Å². The second-order valence-corrected chi connectivity index (χ2v) is 5.10. The molecule has 0 amide bonds. The number of nitrogens with one attached hydrogen (secondary N) is 1. The molecule has 0 unspecified atom stereocenters.